The number of benzene rings is 2. The summed E-state index contributed by atoms with van der Waals surface area (Å²) in [5.41, 5.74) is 1.47. The third-order valence-electron chi connectivity index (χ3n) is 4.60. The molecule has 0 saturated heterocycles. The minimum atomic E-state index is -0.490. The van der Waals surface area contributed by atoms with Crippen LogP contribution in [-0.4, -0.2) is 30.3 Å². The second-order valence-corrected chi connectivity index (χ2v) is 7.67. The van der Waals surface area contributed by atoms with Crippen molar-refractivity contribution < 1.29 is 28.2 Å². The fraction of sp³-hybridized carbons (Fsp3) is 0.227. The van der Waals surface area contributed by atoms with Crippen LogP contribution in [0, 0.1) is 12.7 Å². The Morgan fingerprint density at radius 1 is 1.19 bits per heavy atom. The third-order valence-corrected chi connectivity index (χ3v) is 5.76. The number of carbonyl (C=O) groups is 2. The number of thiazole rings is 1. The van der Waals surface area contributed by atoms with E-state index in [0.29, 0.717) is 38.3 Å². The standard InChI is InChI=1S/C22H19FN2O5S/c1-3-28-21(27)19-13(2)24-22(31-19)25(11-14-7-9-15(23)10-8-14)20(26)16-5-4-6-17-18(16)30-12-29-17/h4-10H,3,11-12H2,1-2H3. The topological polar surface area (TPSA) is 78.0 Å². The Hall–Kier alpha value is -3.46. The molecule has 1 aromatic heterocycles. The van der Waals surface area contributed by atoms with Gasteiger partial charge >= 0.3 is 5.97 Å². The summed E-state index contributed by atoms with van der Waals surface area (Å²) in [5, 5.41) is 0.325. The van der Waals surface area contributed by atoms with Crippen LogP contribution < -0.4 is 14.4 Å². The molecular formula is C22H19FN2O5S. The van der Waals surface area contributed by atoms with E-state index in [1.54, 1.807) is 44.2 Å². The molecule has 0 aliphatic carbocycles. The summed E-state index contributed by atoms with van der Waals surface area (Å²) in [5.74, 6) is -0.403. The van der Waals surface area contributed by atoms with Crippen LogP contribution in [-0.2, 0) is 11.3 Å². The Bertz CT molecular complexity index is 1130. The molecule has 0 N–H and O–H groups in total. The van der Waals surface area contributed by atoms with E-state index in [4.69, 9.17) is 14.2 Å². The number of aromatic nitrogens is 1. The summed E-state index contributed by atoms with van der Waals surface area (Å²) in [4.78, 5) is 32.0. The molecule has 0 bridgehead atoms. The lowest BCUT2D eigenvalue weighted by Crippen LogP contribution is -2.30. The molecule has 160 valence electrons. The molecule has 4 rings (SSSR count). The van der Waals surface area contributed by atoms with E-state index in [1.165, 1.54) is 17.0 Å². The van der Waals surface area contributed by atoms with Gasteiger partial charge in [0.15, 0.2) is 16.6 Å². The van der Waals surface area contributed by atoms with E-state index in [0.717, 1.165) is 11.3 Å². The first-order chi connectivity index (χ1) is 15.0. The van der Waals surface area contributed by atoms with Crippen LogP contribution in [0.4, 0.5) is 9.52 Å². The van der Waals surface area contributed by atoms with Gasteiger partial charge in [0.25, 0.3) is 5.91 Å². The number of nitrogens with zero attached hydrogens (tertiary/aromatic N) is 2. The van der Waals surface area contributed by atoms with Crippen molar-refractivity contribution in [1.29, 1.82) is 0 Å². The smallest absolute Gasteiger partial charge is 0.350 e. The highest BCUT2D eigenvalue weighted by Gasteiger charge is 2.29. The van der Waals surface area contributed by atoms with Gasteiger partial charge in [0.1, 0.15) is 10.7 Å². The summed E-state index contributed by atoms with van der Waals surface area (Å²) < 4.78 is 29.3. The van der Waals surface area contributed by atoms with Gasteiger partial charge in [-0.3, -0.25) is 9.69 Å². The first-order valence-corrected chi connectivity index (χ1v) is 10.4. The van der Waals surface area contributed by atoms with Crippen LogP contribution in [0.15, 0.2) is 42.5 Å². The quantitative estimate of drug-likeness (QED) is 0.529. The molecular weight excluding hydrogens is 423 g/mol. The molecule has 0 saturated carbocycles. The fourth-order valence-electron chi connectivity index (χ4n) is 3.13. The Balaban J connectivity index is 1.74. The van der Waals surface area contributed by atoms with Crippen LogP contribution in [0.25, 0.3) is 0 Å². The maximum absolute atomic E-state index is 13.6. The highest BCUT2D eigenvalue weighted by Crippen LogP contribution is 2.37. The zero-order valence-corrected chi connectivity index (χ0v) is 17.7. The molecule has 1 aliphatic rings. The van der Waals surface area contributed by atoms with E-state index >= 15 is 0 Å². The Labute approximate surface area is 182 Å². The number of hydrogen-bond acceptors (Lipinski definition) is 7. The molecule has 2 heterocycles. The lowest BCUT2D eigenvalue weighted by Gasteiger charge is -2.21. The van der Waals surface area contributed by atoms with Gasteiger partial charge in [0.05, 0.1) is 24.4 Å². The second kappa shape index (κ2) is 8.73. The second-order valence-electron chi connectivity index (χ2n) is 6.69. The number of halogens is 1. The number of amides is 1. The predicted octanol–water partition coefficient (Wildman–Crippen LogP) is 4.34. The Morgan fingerprint density at radius 2 is 1.97 bits per heavy atom. The van der Waals surface area contributed by atoms with Gasteiger partial charge in [-0.2, -0.15) is 0 Å². The number of rotatable bonds is 6. The molecule has 0 spiro atoms. The summed E-state index contributed by atoms with van der Waals surface area (Å²) >= 11 is 1.07. The third kappa shape index (κ3) is 4.22. The van der Waals surface area contributed by atoms with Crippen LogP contribution in [0.5, 0.6) is 11.5 Å². The zero-order valence-electron chi connectivity index (χ0n) is 16.9. The molecule has 3 aromatic rings. The summed E-state index contributed by atoms with van der Waals surface area (Å²) in [7, 11) is 0. The number of para-hydroxylation sites is 1. The first kappa shape index (κ1) is 20.8. The lowest BCUT2D eigenvalue weighted by molar-refractivity contribution is 0.0531. The predicted molar refractivity (Wildman–Crippen MR) is 112 cm³/mol. The van der Waals surface area contributed by atoms with Crippen molar-refractivity contribution in [2.24, 2.45) is 0 Å². The highest BCUT2D eigenvalue weighted by atomic mass is 32.1. The van der Waals surface area contributed by atoms with E-state index in [1.807, 2.05) is 0 Å². The average Bonchev–Trinajstić information content (AvgIpc) is 3.39. The summed E-state index contributed by atoms with van der Waals surface area (Å²) in [6, 6.07) is 10.9. The molecule has 2 aromatic carbocycles. The van der Waals surface area contributed by atoms with Gasteiger partial charge in [0, 0.05) is 0 Å². The minimum absolute atomic E-state index is 0.0287. The van der Waals surface area contributed by atoms with E-state index in [9.17, 15) is 14.0 Å². The van der Waals surface area contributed by atoms with Gasteiger partial charge in [-0.15, -0.1) is 0 Å². The number of hydrogen-bond donors (Lipinski definition) is 0. The number of ether oxygens (including phenoxy) is 3. The van der Waals surface area contributed by atoms with E-state index < -0.39 is 5.97 Å². The van der Waals surface area contributed by atoms with Crippen LogP contribution >= 0.6 is 11.3 Å². The lowest BCUT2D eigenvalue weighted by atomic mass is 10.1. The van der Waals surface area contributed by atoms with Crippen LogP contribution in [0.3, 0.4) is 0 Å². The fourth-order valence-corrected chi connectivity index (χ4v) is 4.08. The van der Waals surface area contributed by atoms with E-state index in [-0.39, 0.29) is 31.7 Å². The Kier molecular flexibility index (Phi) is 5.85. The number of carbonyl (C=O) groups excluding carboxylic acids is 2. The largest absolute Gasteiger partial charge is 0.462 e. The number of aryl methyl sites for hydroxylation is 1. The molecule has 7 nitrogen and oxygen atoms in total. The van der Waals surface area contributed by atoms with Gasteiger partial charge in [-0.05, 0) is 43.7 Å². The maximum Gasteiger partial charge on any atom is 0.350 e. The molecule has 1 amide bonds. The molecule has 31 heavy (non-hydrogen) atoms. The number of anilines is 1. The molecule has 0 fully saturated rings. The van der Waals surface area contributed by atoms with Crippen molar-refractivity contribution in [3.05, 3.63) is 70.0 Å². The molecule has 0 unspecified atom stereocenters. The van der Waals surface area contributed by atoms with Crippen molar-refractivity contribution in [2.75, 3.05) is 18.3 Å². The SMILES string of the molecule is CCOC(=O)c1sc(N(Cc2ccc(F)cc2)C(=O)c2cccc3c2OCO3)nc1C. The average molecular weight is 442 g/mol. The Morgan fingerprint density at radius 3 is 2.71 bits per heavy atom. The number of esters is 1. The summed E-state index contributed by atoms with van der Waals surface area (Å²) in [6.45, 7) is 3.79. The van der Waals surface area contributed by atoms with Crippen molar-refractivity contribution in [3.8, 4) is 11.5 Å². The van der Waals surface area contributed by atoms with Gasteiger partial charge < -0.3 is 14.2 Å². The van der Waals surface area contributed by atoms with Crippen LogP contribution in [0.2, 0.25) is 0 Å². The zero-order chi connectivity index (χ0) is 22.0. The first-order valence-electron chi connectivity index (χ1n) is 9.57. The van der Waals surface area contributed by atoms with Gasteiger partial charge in [-0.1, -0.05) is 29.5 Å². The molecule has 0 atom stereocenters. The maximum atomic E-state index is 13.6. The normalized spacial score (nSPS) is 12.0. The van der Waals surface area contributed by atoms with Crippen molar-refractivity contribution in [2.45, 2.75) is 20.4 Å². The summed E-state index contributed by atoms with van der Waals surface area (Å²) in [6.07, 6.45) is 0. The molecule has 1 aliphatic heterocycles. The molecule has 9 heteroatoms. The monoisotopic (exact) mass is 442 g/mol. The van der Waals surface area contributed by atoms with Gasteiger partial charge in [-0.25, -0.2) is 14.2 Å². The van der Waals surface area contributed by atoms with Crippen LogP contribution in [0.1, 0.15) is 38.2 Å². The van der Waals surface area contributed by atoms with E-state index in [2.05, 4.69) is 4.98 Å². The van der Waals surface area contributed by atoms with Crippen molar-refractivity contribution in [3.63, 3.8) is 0 Å². The van der Waals surface area contributed by atoms with Crippen molar-refractivity contribution >= 4 is 28.3 Å². The van der Waals surface area contributed by atoms with Crippen molar-refractivity contribution in [1.82, 2.24) is 4.98 Å². The van der Waals surface area contributed by atoms with Gasteiger partial charge in [0.2, 0.25) is 6.79 Å². The molecule has 0 radical (unpaired) electrons. The highest BCUT2D eigenvalue weighted by molar-refractivity contribution is 7.17. The minimum Gasteiger partial charge on any atom is -0.462 e. The number of fused-ring (bicyclic) bond motifs is 1.